The van der Waals surface area contributed by atoms with Crippen molar-refractivity contribution in [1.82, 2.24) is 0 Å². The molecular weight excluding hydrogens is 176 g/mol. The Hall–Kier alpha value is -0.370. The normalized spacial score (nSPS) is 15.1. The van der Waals surface area contributed by atoms with Gasteiger partial charge in [0, 0.05) is 12.3 Å². The number of carbonyl (C=O) groups excluding carboxylic acids is 1. The zero-order valence-corrected chi connectivity index (χ0v) is 9.75. The molecule has 0 bridgehead atoms. The first-order chi connectivity index (χ1) is 6.63. The summed E-state index contributed by atoms with van der Waals surface area (Å²) < 4.78 is 0. The number of hydrogen-bond donors (Lipinski definition) is 1. The molecule has 2 heteroatoms. The minimum Gasteiger partial charge on any atom is -0.392 e. The molecule has 14 heavy (non-hydrogen) atoms. The average Bonchev–Trinajstić information content (AvgIpc) is 2.17. The minimum absolute atomic E-state index is 0.174. The van der Waals surface area contributed by atoms with Crippen LogP contribution in [0.5, 0.6) is 0 Å². The zero-order valence-electron chi connectivity index (χ0n) is 9.75. The molecule has 0 rings (SSSR count). The van der Waals surface area contributed by atoms with Crippen molar-refractivity contribution in [1.29, 1.82) is 0 Å². The van der Waals surface area contributed by atoms with Gasteiger partial charge in [0.15, 0.2) is 0 Å². The van der Waals surface area contributed by atoms with Crippen LogP contribution in [-0.2, 0) is 4.79 Å². The van der Waals surface area contributed by atoms with Gasteiger partial charge in [-0.15, -0.1) is 0 Å². The first kappa shape index (κ1) is 13.6. The van der Waals surface area contributed by atoms with Gasteiger partial charge in [0.25, 0.3) is 0 Å². The number of rotatable bonds is 8. The molecule has 0 fully saturated rings. The molecule has 84 valence electrons. The quantitative estimate of drug-likeness (QED) is 0.612. The van der Waals surface area contributed by atoms with E-state index in [-0.39, 0.29) is 11.7 Å². The van der Waals surface area contributed by atoms with Gasteiger partial charge in [-0.2, -0.15) is 0 Å². The van der Waals surface area contributed by atoms with Gasteiger partial charge in [-0.1, -0.05) is 40.0 Å². The second-order valence-corrected chi connectivity index (χ2v) is 4.07. The third kappa shape index (κ3) is 5.38. The van der Waals surface area contributed by atoms with Crippen molar-refractivity contribution < 1.29 is 9.90 Å². The van der Waals surface area contributed by atoms with Crippen LogP contribution in [0, 0.1) is 5.92 Å². The fraction of sp³-hybridized carbons (Fsp3) is 0.917. The highest BCUT2D eigenvalue weighted by atomic mass is 16.3. The van der Waals surface area contributed by atoms with E-state index in [9.17, 15) is 9.90 Å². The van der Waals surface area contributed by atoms with Crippen LogP contribution in [0.15, 0.2) is 0 Å². The van der Waals surface area contributed by atoms with Gasteiger partial charge in [-0.3, -0.25) is 4.79 Å². The van der Waals surface area contributed by atoms with E-state index in [1.54, 1.807) is 0 Å². The molecule has 0 saturated carbocycles. The van der Waals surface area contributed by atoms with Crippen molar-refractivity contribution in [3.8, 4) is 0 Å². The number of Topliss-reactive ketones (excluding diaryl/α,β-unsaturated/α-hetero) is 1. The van der Waals surface area contributed by atoms with Gasteiger partial charge in [0.1, 0.15) is 5.78 Å². The summed E-state index contributed by atoms with van der Waals surface area (Å²) in [4.78, 5) is 11.5. The SMILES string of the molecule is CCCCCC(O)C(C)C(=O)CCC. The Kier molecular flexibility index (Phi) is 7.77. The number of ketones is 1. The molecule has 2 nitrogen and oxygen atoms in total. The van der Waals surface area contributed by atoms with Crippen molar-refractivity contribution in [2.75, 3.05) is 0 Å². The maximum atomic E-state index is 11.5. The van der Waals surface area contributed by atoms with Crippen LogP contribution in [0.3, 0.4) is 0 Å². The molecule has 0 saturated heterocycles. The monoisotopic (exact) mass is 200 g/mol. The number of aliphatic hydroxyl groups is 1. The van der Waals surface area contributed by atoms with E-state index >= 15 is 0 Å². The third-order valence-electron chi connectivity index (χ3n) is 2.68. The lowest BCUT2D eigenvalue weighted by molar-refractivity contribution is -0.125. The van der Waals surface area contributed by atoms with Crippen molar-refractivity contribution in [3.05, 3.63) is 0 Å². The lowest BCUT2D eigenvalue weighted by Crippen LogP contribution is -2.25. The number of hydrogen-bond acceptors (Lipinski definition) is 2. The van der Waals surface area contributed by atoms with Crippen LogP contribution < -0.4 is 0 Å². The van der Waals surface area contributed by atoms with Crippen molar-refractivity contribution >= 4 is 5.78 Å². The highest BCUT2D eigenvalue weighted by Crippen LogP contribution is 2.14. The summed E-state index contributed by atoms with van der Waals surface area (Å²) in [5, 5.41) is 9.72. The fourth-order valence-corrected chi connectivity index (χ4v) is 1.54. The second-order valence-electron chi connectivity index (χ2n) is 4.07. The Morgan fingerprint density at radius 2 is 1.86 bits per heavy atom. The van der Waals surface area contributed by atoms with Crippen LogP contribution in [0.25, 0.3) is 0 Å². The predicted octanol–water partition coefficient (Wildman–Crippen LogP) is 2.93. The molecule has 0 heterocycles. The lowest BCUT2D eigenvalue weighted by atomic mass is 9.93. The van der Waals surface area contributed by atoms with E-state index in [1.807, 2.05) is 13.8 Å². The Labute approximate surface area is 87.7 Å². The second kappa shape index (κ2) is 7.98. The zero-order chi connectivity index (χ0) is 11.0. The number of unbranched alkanes of at least 4 members (excludes halogenated alkanes) is 2. The Morgan fingerprint density at radius 1 is 1.21 bits per heavy atom. The Balaban J connectivity index is 3.74. The molecule has 0 aliphatic heterocycles. The summed E-state index contributed by atoms with van der Waals surface area (Å²) in [5.74, 6) is 0.0308. The van der Waals surface area contributed by atoms with Crippen LogP contribution in [-0.4, -0.2) is 17.0 Å². The molecule has 0 aliphatic rings. The van der Waals surface area contributed by atoms with Gasteiger partial charge >= 0.3 is 0 Å². The van der Waals surface area contributed by atoms with Gasteiger partial charge in [-0.25, -0.2) is 0 Å². The Bertz CT molecular complexity index is 154. The molecule has 2 unspecified atom stereocenters. The summed E-state index contributed by atoms with van der Waals surface area (Å²) in [7, 11) is 0. The Morgan fingerprint density at radius 3 is 2.36 bits per heavy atom. The smallest absolute Gasteiger partial charge is 0.138 e. The molecular formula is C12H24O2. The van der Waals surface area contributed by atoms with Crippen molar-refractivity contribution in [2.24, 2.45) is 5.92 Å². The van der Waals surface area contributed by atoms with Crippen LogP contribution in [0.1, 0.15) is 59.3 Å². The standard InChI is InChI=1S/C12H24O2/c1-4-6-7-9-12(14)10(3)11(13)8-5-2/h10,12,14H,4-9H2,1-3H3. The van der Waals surface area contributed by atoms with E-state index in [0.717, 1.165) is 32.1 Å². The molecule has 0 aliphatic carbocycles. The number of aliphatic hydroxyl groups excluding tert-OH is 1. The highest BCUT2D eigenvalue weighted by Gasteiger charge is 2.20. The largest absolute Gasteiger partial charge is 0.392 e. The molecule has 0 aromatic rings. The van der Waals surface area contributed by atoms with Gasteiger partial charge < -0.3 is 5.11 Å². The molecule has 0 spiro atoms. The predicted molar refractivity (Wildman–Crippen MR) is 59.2 cm³/mol. The van der Waals surface area contributed by atoms with Crippen LogP contribution in [0.4, 0.5) is 0 Å². The first-order valence-corrected chi connectivity index (χ1v) is 5.84. The maximum absolute atomic E-state index is 11.5. The van der Waals surface area contributed by atoms with Crippen LogP contribution in [0.2, 0.25) is 0 Å². The molecule has 0 radical (unpaired) electrons. The number of carbonyl (C=O) groups is 1. The highest BCUT2D eigenvalue weighted by molar-refractivity contribution is 5.81. The van der Waals surface area contributed by atoms with Crippen molar-refractivity contribution in [3.63, 3.8) is 0 Å². The summed E-state index contributed by atoms with van der Waals surface area (Å²) in [6.07, 6.45) is 5.15. The topological polar surface area (TPSA) is 37.3 Å². The lowest BCUT2D eigenvalue weighted by Gasteiger charge is -2.17. The molecule has 0 amide bonds. The van der Waals surface area contributed by atoms with Gasteiger partial charge in [0.05, 0.1) is 6.10 Å². The first-order valence-electron chi connectivity index (χ1n) is 5.84. The van der Waals surface area contributed by atoms with Gasteiger partial charge in [0.2, 0.25) is 0 Å². The molecule has 0 aromatic carbocycles. The summed E-state index contributed by atoms with van der Waals surface area (Å²) in [6.45, 7) is 5.97. The van der Waals surface area contributed by atoms with E-state index in [0.29, 0.717) is 6.42 Å². The van der Waals surface area contributed by atoms with E-state index in [4.69, 9.17) is 0 Å². The van der Waals surface area contributed by atoms with E-state index in [2.05, 4.69) is 6.92 Å². The molecule has 2 atom stereocenters. The maximum Gasteiger partial charge on any atom is 0.138 e. The molecule has 0 aromatic heterocycles. The van der Waals surface area contributed by atoms with Gasteiger partial charge in [-0.05, 0) is 12.8 Å². The fourth-order valence-electron chi connectivity index (χ4n) is 1.54. The summed E-state index contributed by atoms with van der Waals surface area (Å²) in [5.41, 5.74) is 0. The van der Waals surface area contributed by atoms with Crippen molar-refractivity contribution in [2.45, 2.75) is 65.4 Å². The van der Waals surface area contributed by atoms with Crippen LogP contribution >= 0.6 is 0 Å². The van der Waals surface area contributed by atoms with E-state index in [1.165, 1.54) is 0 Å². The molecule has 1 N–H and O–H groups in total. The van der Waals surface area contributed by atoms with E-state index < -0.39 is 6.10 Å². The summed E-state index contributed by atoms with van der Waals surface area (Å²) >= 11 is 0. The third-order valence-corrected chi connectivity index (χ3v) is 2.68. The minimum atomic E-state index is -0.430. The summed E-state index contributed by atoms with van der Waals surface area (Å²) in [6, 6.07) is 0. The average molecular weight is 200 g/mol.